The monoisotopic (exact) mass is 537 g/mol. The first kappa shape index (κ1) is 23.9. The van der Waals surface area contributed by atoms with Gasteiger partial charge in [0.15, 0.2) is 5.82 Å². The number of nitrogens with one attached hydrogen (secondary N) is 1. The van der Waals surface area contributed by atoms with Crippen LogP contribution in [-0.4, -0.2) is 34.7 Å². The maximum Gasteiger partial charge on any atom is 0.338 e. The second-order valence-corrected chi connectivity index (χ2v) is 10.2. The highest BCUT2D eigenvalue weighted by molar-refractivity contribution is 5.81. The number of fused-ring (bicyclic) bond motifs is 5. The molecule has 0 saturated carbocycles. The van der Waals surface area contributed by atoms with Crippen molar-refractivity contribution in [3.05, 3.63) is 87.4 Å². The Morgan fingerprint density at radius 2 is 1.74 bits per heavy atom. The molecule has 1 N–H and O–H groups in total. The first-order valence-corrected chi connectivity index (χ1v) is 12.6. The molecular formula is C27H23F4N7O. The summed E-state index contributed by atoms with van der Waals surface area (Å²) in [5.74, 6) is -0.633. The van der Waals surface area contributed by atoms with Crippen LogP contribution < -0.4 is 11.0 Å². The smallest absolute Gasteiger partial charge is 0.307 e. The molecule has 0 amide bonds. The molecule has 2 aromatic carbocycles. The summed E-state index contributed by atoms with van der Waals surface area (Å²) in [6.07, 6.45) is 6.46. The van der Waals surface area contributed by atoms with Crippen molar-refractivity contribution in [1.82, 2.24) is 34.0 Å². The lowest BCUT2D eigenvalue weighted by molar-refractivity contribution is 0.0573. The highest BCUT2D eigenvalue weighted by Gasteiger charge is 2.38. The Bertz CT molecular complexity index is 1820. The van der Waals surface area contributed by atoms with Gasteiger partial charge in [0.25, 0.3) is 0 Å². The number of aromatic nitrogens is 6. The second-order valence-electron chi connectivity index (χ2n) is 10.2. The SMILES string of the molecule is Cc1cc(-n2nc3c(c2-n2ccn(-c4ccc5nn(C(F)F)cc5c4F)c2=O)[C@@H]2CC[C@H](C3)N2)cc(C)c1F. The van der Waals surface area contributed by atoms with Crippen LogP contribution in [0, 0.1) is 25.5 Å². The second kappa shape index (κ2) is 8.40. The van der Waals surface area contributed by atoms with Gasteiger partial charge in [0, 0.05) is 42.7 Å². The number of nitrogens with zero attached hydrogens (tertiary/aromatic N) is 6. The third-order valence-corrected chi connectivity index (χ3v) is 7.75. The van der Waals surface area contributed by atoms with E-state index in [1.54, 1.807) is 30.7 Å². The van der Waals surface area contributed by atoms with Gasteiger partial charge >= 0.3 is 12.2 Å². The van der Waals surface area contributed by atoms with Gasteiger partial charge in [-0.15, -0.1) is 0 Å². The average Bonchev–Trinajstić information content (AvgIpc) is 3.67. The molecule has 3 aromatic heterocycles. The van der Waals surface area contributed by atoms with Crippen molar-refractivity contribution in [2.75, 3.05) is 0 Å². The van der Waals surface area contributed by atoms with Crippen LogP contribution in [0.25, 0.3) is 28.1 Å². The number of hydrogen-bond donors (Lipinski definition) is 1. The minimum atomic E-state index is -2.92. The van der Waals surface area contributed by atoms with Crippen molar-refractivity contribution >= 4 is 10.9 Å². The lowest BCUT2D eigenvalue weighted by Crippen LogP contribution is -2.32. The molecule has 2 aliphatic heterocycles. The minimum Gasteiger partial charge on any atom is -0.307 e. The molecule has 2 atom stereocenters. The molecule has 0 aliphatic carbocycles. The highest BCUT2D eigenvalue weighted by atomic mass is 19.3. The predicted molar refractivity (Wildman–Crippen MR) is 135 cm³/mol. The largest absolute Gasteiger partial charge is 0.338 e. The highest BCUT2D eigenvalue weighted by Crippen LogP contribution is 2.40. The molecular weight excluding hydrogens is 514 g/mol. The molecule has 0 unspecified atom stereocenters. The van der Waals surface area contributed by atoms with Gasteiger partial charge in [-0.2, -0.15) is 19.0 Å². The normalized spacial score (nSPS) is 18.4. The molecule has 0 radical (unpaired) electrons. The molecule has 5 aromatic rings. The third kappa shape index (κ3) is 3.50. The molecule has 0 spiro atoms. The maximum atomic E-state index is 15.5. The number of halogens is 4. The number of imidazole rings is 1. The summed E-state index contributed by atoms with van der Waals surface area (Å²) < 4.78 is 60.8. The van der Waals surface area contributed by atoms with Gasteiger partial charge in [0.05, 0.1) is 28.0 Å². The lowest BCUT2D eigenvalue weighted by Gasteiger charge is -2.21. The zero-order chi connectivity index (χ0) is 27.2. The van der Waals surface area contributed by atoms with Crippen molar-refractivity contribution in [1.29, 1.82) is 0 Å². The number of rotatable bonds is 4. The Morgan fingerprint density at radius 3 is 2.49 bits per heavy atom. The van der Waals surface area contributed by atoms with E-state index in [0.717, 1.165) is 34.9 Å². The summed E-state index contributed by atoms with van der Waals surface area (Å²) in [6.45, 7) is 0.435. The van der Waals surface area contributed by atoms with Gasteiger partial charge in [-0.25, -0.2) is 22.9 Å². The van der Waals surface area contributed by atoms with Crippen LogP contribution in [-0.2, 0) is 6.42 Å². The van der Waals surface area contributed by atoms with E-state index in [9.17, 15) is 18.0 Å². The van der Waals surface area contributed by atoms with Crippen molar-refractivity contribution in [2.24, 2.45) is 0 Å². The lowest BCUT2D eigenvalue weighted by atomic mass is 10.0. The predicted octanol–water partition coefficient (Wildman–Crippen LogP) is 4.80. The van der Waals surface area contributed by atoms with E-state index in [0.29, 0.717) is 39.8 Å². The molecule has 1 saturated heterocycles. The number of aryl methyl sites for hydroxylation is 2. The van der Waals surface area contributed by atoms with E-state index in [1.165, 1.54) is 29.1 Å². The van der Waals surface area contributed by atoms with E-state index in [4.69, 9.17) is 5.10 Å². The van der Waals surface area contributed by atoms with Crippen LogP contribution in [0.3, 0.4) is 0 Å². The maximum absolute atomic E-state index is 15.5. The standard InChI is InChI=1S/C27H23F4N7O/c1-13-9-16(10-14(2)23(13)28)38-25(22-19-4-3-15(32-19)11-20(22)34-38)36-8-7-35(27(36)39)21-6-5-18-17(24(21)29)12-37(33-18)26(30)31/h5-10,12,15,19,26,32H,3-4,11H2,1-2H3/t15-,19+/m1/s1. The summed E-state index contributed by atoms with van der Waals surface area (Å²) in [6, 6.07) is 6.41. The van der Waals surface area contributed by atoms with Crippen molar-refractivity contribution < 1.29 is 17.6 Å². The van der Waals surface area contributed by atoms with Gasteiger partial charge in [-0.05, 0) is 62.1 Å². The fourth-order valence-electron chi connectivity index (χ4n) is 5.95. The number of benzene rings is 2. The average molecular weight is 538 g/mol. The van der Waals surface area contributed by atoms with Crippen molar-refractivity contribution in [3.63, 3.8) is 0 Å². The van der Waals surface area contributed by atoms with Gasteiger partial charge in [0.1, 0.15) is 11.6 Å². The summed E-state index contributed by atoms with van der Waals surface area (Å²) >= 11 is 0. The Balaban J connectivity index is 1.43. The first-order chi connectivity index (χ1) is 18.7. The van der Waals surface area contributed by atoms with Crippen molar-refractivity contribution in [3.8, 4) is 17.2 Å². The molecule has 2 bridgehead atoms. The Kier molecular flexibility index (Phi) is 5.15. The van der Waals surface area contributed by atoms with E-state index < -0.39 is 18.1 Å². The minimum absolute atomic E-state index is 0.00587. The molecule has 12 heteroatoms. The van der Waals surface area contributed by atoms with E-state index in [-0.39, 0.29) is 28.4 Å². The molecule has 39 heavy (non-hydrogen) atoms. The molecule has 200 valence electrons. The van der Waals surface area contributed by atoms with Crippen LogP contribution in [0.15, 0.2) is 47.7 Å². The van der Waals surface area contributed by atoms with Gasteiger partial charge in [-0.1, -0.05) is 0 Å². The third-order valence-electron chi connectivity index (χ3n) is 7.75. The van der Waals surface area contributed by atoms with E-state index >= 15 is 4.39 Å². The van der Waals surface area contributed by atoms with Crippen LogP contribution in [0.5, 0.6) is 0 Å². The zero-order valence-electron chi connectivity index (χ0n) is 21.0. The number of alkyl halides is 2. The molecule has 1 fully saturated rings. The van der Waals surface area contributed by atoms with Gasteiger partial charge in [0.2, 0.25) is 0 Å². The topological polar surface area (TPSA) is 74.6 Å². The summed E-state index contributed by atoms with van der Waals surface area (Å²) in [5.41, 5.74) is 2.67. The zero-order valence-corrected chi connectivity index (χ0v) is 21.0. The van der Waals surface area contributed by atoms with Crippen LogP contribution >= 0.6 is 0 Å². The van der Waals surface area contributed by atoms with Gasteiger partial charge in [-0.3, -0.25) is 9.13 Å². The van der Waals surface area contributed by atoms with Crippen LogP contribution in [0.1, 0.15) is 47.8 Å². The molecule has 2 aliphatic rings. The van der Waals surface area contributed by atoms with Gasteiger partial charge < -0.3 is 5.32 Å². The summed E-state index contributed by atoms with van der Waals surface area (Å²) in [7, 11) is 0. The quantitative estimate of drug-likeness (QED) is 0.334. The fourth-order valence-corrected chi connectivity index (χ4v) is 5.95. The fraction of sp³-hybridized carbons (Fsp3) is 0.296. The Labute approximate surface area is 219 Å². The van der Waals surface area contributed by atoms with E-state index in [2.05, 4.69) is 10.4 Å². The molecule has 5 heterocycles. The molecule has 8 nitrogen and oxygen atoms in total. The summed E-state index contributed by atoms with van der Waals surface area (Å²) in [4.78, 5) is 13.8. The first-order valence-electron chi connectivity index (χ1n) is 12.6. The van der Waals surface area contributed by atoms with Crippen LogP contribution in [0.2, 0.25) is 0 Å². The molecule has 7 rings (SSSR count). The number of hydrogen-bond acceptors (Lipinski definition) is 4. The van der Waals surface area contributed by atoms with E-state index in [1.807, 2.05) is 0 Å². The van der Waals surface area contributed by atoms with Crippen molar-refractivity contribution in [2.45, 2.75) is 51.7 Å². The van der Waals surface area contributed by atoms with Crippen LogP contribution in [0.4, 0.5) is 17.6 Å². The summed E-state index contributed by atoms with van der Waals surface area (Å²) in [5, 5.41) is 12.0. The Hall–Kier alpha value is -4.19. The Morgan fingerprint density at radius 1 is 1.00 bits per heavy atom.